The first-order valence-electron chi connectivity index (χ1n) is 7.42. The minimum absolute atomic E-state index is 0.444. The van der Waals surface area contributed by atoms with Crippen LogP contribution in [0, 0.1) is 13.8 Å². The molecule has 0 fully saturated rings. The molecule has 0 aliphatic heterocycles. The van der Waals surface area contributed by atoms with E-state index in [1.165, 1.54) is 0 Å². The molecule has 1 atom stereocenters. The van der Waals surface area contributed by atoms with Gasteiger partial charge in [-0.3, -0.25) is 4.98 Å². The van der Waals surface area contributed by atoms with Gasteiger partial charge in [-0.15, -0.1) is 0 Å². The first-order chi connectivity index (χ1) is 11.9. The van der Waals surface area contributed by atoms with E-state index in [0.29, 0.717) is 22.7 Å². The van der Waals surface area contributed by atoms with Crippen LogP contribution in [0.2, 0.25) is 0 Å². The number of benzene rings is 1. The zero-order chi connectivity index (χ0) is 18.0. The Labute approximate surface area is 153 Å². The van der Waals surface area contributed by atoms with E-state index >= 15 is 0 Å². The molecule has 7 heteroatoms. The van der Waals surface area contributed by atoms with Crippen molar-refractivity contribution in [1.29, 1.82) is 0 Å². The van der Waals surface area contributed by atoms with Crippen LogP contribution < -0.4 is 5.32 Å². The van der Waals surface area contributed by atoms with Gasteiger partial charge in [-0.2, -0.15) is 0 Å². The van der Waals surface area contributed by atoms with E-state index in [1.807, 2.05) is 24.3 Å². The molecule has 2 N–H and O–H groups in total. The summed E-state index contributed by atoms with van der Waals surface area (Å²) < 4.78 is 6.42. The number of nitrogens with zero attached hydrogens (tertiary/aromatic N) is 2. The number of pyridine rings is 1. The van der Waals surface area contributed by atoms with E-state index < -0.39 is 11.6 Å². The molecule has 0 aliphatic carbocycles. The van der Waals surface area contributed by atoms with Gasteiger partial charge in [0.05, 0.1) is 17.0 Å². The van der Waals surface area contributed by atoms with Crippen molar-refractivity contribution in [2.24, 2.45) is 0 Å². The normalized spacial score (nSPS) is 13.2. The lowest BCUT2D eigenvalue weighted by Gasteiger charge is -2.29. The minimum atomic E-state index is -1.36. The second-order valence-corrected chi connectivity index (χ2v) is 6.45. The Morgan fingerprint density at radius 1 is 1.28 bits per heavy atom. The zero-order valence-electron chi connectivity index (χ0n) is 13.4. The topological polar surface area (TPSA) is 88.2 Å². The van der Waals surface area contributed by atoms with Gasteiger partial charge in [0, 0.05) is 16.2 Å². The van der Waals surface area contributed by atoms with Crippen LogP contribution >= 0.6 is 15.9 Å². The number of carboxylic acid groups (broad SMARTS) is 1. The van der Waals surface area contributed by atoms with Crippen molar-refractivity contribution >= 4 is 22.0 Å². The highest BCUT2D eigenvalue weighted by molar-refractivity contribution is 9.10. The van der Waals surface area contributed by atoms with Gasteiger partial charge in [-0.25, -0.2) is 4.79 Å². The van der Waals surface area contributed by atoms with Crippen LogP contribution in [-0.4, -0.2) is 21.3 Å². The summed E-state index contributed by atoms with van der Waals surface area (Å²) in [4.78, 5) is 15.7. The van der Waals surface area contributed by atoms with Crippen molar-refractivity contribution in [3.8, 4) is 11.3 Å². The van der Waals surface area contributed by atoms with Gasteiger partial charge in [0.2, 0.25) is 0 Å². The molecule has 0 aliphatic rings. The number of nitrogens with one attached hydrogen (secondary N) is 1. The van der Waals surface area contributed by atoms with Crippen molar-refractivity contribution in [2.45, 2.75) is 12.5 Å². The van der Waals surface area contributed by atoms with E-state index in [1.54, 1.807) is 31.3 Å². The van der Waals surface area contributed by atoms with Crippen LogP contribution in [0.4, 0.5) is 4.79 Å². The van der Waals surface area contributed by atoms with Gasteiger partial charge in [0.25, 0.3) is 0 Å². The maximum Gasteiger partial charge on any atom is 0.405 e. The number of hydrogen-bond donors (Lipinski definition) is 2. The molecule has 6 nitrogen and oxygen atoms in total. The number of carbonyl (C=O) groups is 1. The van der Waals surface area contributed by atoms with Crippen molar-refractivity contribution in [1.82, 2.24) is 15.5 Å². The summed E-state index contributed by atoms with van der Waals surface area (Å²) in [6, 6.07) is 12.7. The van der Waals surface area contributed by atoms with Gasteiger partial charge in [-0.05, 0) is 38.1 Å². The Morgan fingerprint density at radius 2 is 2.00 bits per heavy atom. The third-order valence-corrected chi connectivity index (χ3v) is 4.35. The maximum absolute atomic E-state index is 11.5. The van der Waals surface area contributed by atoms with Crippen molar-refractivity contribution in [3.63, 3.8) is 0 Å². The fourth-order valence-electron chi connectivity index (χ4n) is 2.72. The second-order valence-electron chi connectivity index (χ2n) is 5.53. The van der Waals surface area contributed by atoms with Gasteiger partial charge >= 0.3 is 6.09 Å². The minimum Gasteiger partial charge on any atom is -0.465 e. The maximum atomic E-state index is 11.5. The average Bonchev–Trinajstić information content (AvgIpc) is 2.98. The van der Waals surface area contributed by atoms with E-state index in [-0.39, 0.29) is 0 Å². The predicted molar refractivity (Wildman–Crippen MR) is 95.9 cm³/mol. The second kappa shape index (κ2) is 6.68. The number of halogens is 1. The van der Waals surface area contributed by atoms with E-state index in [9.17, 15) is 9.90 Å². The lowest BCUT2D eigenvalue weighted by molar-refractivity contribution is 0.186. The summed E-state index contributed by atoms with van der Waals surface area (Å²) >= 11 is 3.39. The number of amides is 1. The van der Waals surface area contributed by atoms with Crippen LogP contribution in [0.1, 0.15) is 17.0 Å². The standard InChI is InChI=1S/C18H15BrN3O3/c1-11-15(16(25-22-11)12-6-8-13(19)9-7-12)18(2,21-17(23)24)14-5-3-4-10-20-14/h3-10,21H,2H2,1H3,(H,23,24). The lowest BCUT2D eigenvalue weighted by Crippen LogP contribution is -2.45. The van der Waals surface area contributed by atoms with Crippen LogP contribution in [0.3, 0.4) is 0 Å². The Morgan fingerprint density at radius 3 is 2.60 bits per heavy atom. The third-order valence-electron chi connectivity index (χ3n) is 3.82. The molecule has 2 heterocycles. The fourth-order valence-corrected chi connectivity index (χ4v) is 2.99. The van der Waals surface area contributed by atoms with Crippen LogP contribution in [0.15, 0.2) is 57.7 Å². The smallest absolute Gasteiger partial charge is 0.405 e. The van der Waals surface area contributed by atoms with Gasteiger partial charge < -0.3 is 14.9 Å². The van der Waals surface area contributed by atoms with Gasteiger partial charge in [0.15, 0.2) is 5.76 Å². The summed E-state index contributed by atoms with van der Waals surface area (Å²) in [6.07, 6.45) is 0.365. The Kier molecular flexibility index (Phi) is 4.59. The predicted octanol–water partition coefficient (Wildman–Crippen LogP) is 4.15. The molecule has 0 saturated carbocycles. The van der Waals surface area contributed by atoms with Crippen LogP contribution in [-0.2, 0) is 5.54 Å². The highest BCUT2D eigenvalue weighted by Crippen LogP contribution is 2.38. The molecule has 1 aromatic carbocycles. The number of aryl methyl sites for hydroxylation is 1. The fraction of sp³-hybridized carbons (Fsp3) is 0.111. The molecule has 25 heavy (non-hydrogen) atoms. The Bertz CT molecular complexity index is 894. The highest BCUT2D eigenvalue weighted by atomic mass is 79.9. The number of rotatable bonds is 4. The summed E-state index contributed by atoms with van der Waals surface area (Å²) in [6.45, 7) is 5.87. The highest BCUT2D eigenvalue weighted by Gasteiger charge is 2.39. The molecule has 1 unspecified atom stereocenters. The molecule has 127 valence electrons. The molecular weight excluding hydrogens is 386 g/mol. The quantitative estimate of drug-likeness (QED) is 0.686. The SMILES string of the molecule is [CH2]C(NC(=O)O)(c1ccccn1)c1c(C)noc1-c1ccc(Br)cc1. The monoisotopic (exact) mass is 400 g/mol. The molecule has 2 aromatic heterocycles. The molecule has 0 spiro atoms. The van der Waals surface area contributed by atoms with Gasteiger partial charge in [0.1, 0.15) is 5.54 Å². The zero-order valence-corrected chi connectivity index (χ0v) is 14.9. The molecule has 1 amide bonds. The largest absolute Gasteiger partial charge is 0.465 e. The van der Waals surface area contributed by atoms with Crippen LogP contribution in [0.5, 0.6) is 0 Å². The molecule has 3 aromatic rings. The Balaban J connectivity index is 2.22. The van der Waals surface area contributed by atoms with Crippen LogP contribution in [0.25, 0.3) is 11.3 Å². The average molecular weight is 401 g/mol. The first kappa shape index (κ1) is 17.2. The van der Waals surface area contributed by atoms with Crippen molar-refractivity contribution < 1.29 is 14.4 Å². The van der Waals surface area contributed by atoms with E-state index in [2.05, 4.69) is 38.3 Å². The van der Waals surface area contributed by atoms with Crippen molar-refractivity contribution in [3.05, 3.63) is 77.0 Å². The lowest BCUT2D eigenvalue weighted by atomic mass is 9.85. The Hall–Kier alpha value is -2.67. The van der Waals surface area contributed by atoms with E-state index in [0.717, 1.165) is 10.0 Å². The van der Waals surface area contributed by atoms with Gasteiger partial charge in [-0.1, -0.05) is 39.3 Å². The molecule has 3 rings (SSSR count). The summed E-state index contributed by atoms with van der Waals surface area (Å²) in [5, 5.41) is 15.9. The summed E-state index contributed by atoms with van der Waals surface area (Å²) in [5.41, 5.74) is 0.903. The molecule has 0 saturated heterocycles. The van der Waals surface area contributed by atoms with Crippen molar-refractivity contribution in [2.75, 3.05) is 0 Å². The molecule has 0 bridgehead atoms. The summed E-state index contributed by atoms with van der Waals surface area (Å²) in [5.74, 6) is 0.444. The molecule has 1 radical (unpaired) electrons. The number of hydrogen-bond acceptors (Lipinski definition) is 4. The van der Waals surface area contributed by atoms with E-state index in [4.69, 9.17) is 4.52 Å². The third kappa shape index (κ3) is 3.28. The summed E-state index contributed by atoms with van der Waals surface area (Å²) in [7, 11) is 0. The first-order valence-corrected chi connectivity index (χ1v) is 8.22. The molecular formula is C18H15BrN3O3. The number of aromatic nitrogens is 2.